The molecule has 3 amide bonds. The quantitative estimate of drug-likeness (QED) is 0.282. The van der Waals surface area contributed by atoms with E-state index in [2.05, 4.69) is 16.0 Å². The molecule has 9 nitrogen and oxygen atoms in total. The van der Waals surface area contributed by atoms with Crippen molar-refractivity contribution in [3.05, 3.63) is 21.8 Å². The zero-order chi connectivity index (χ0) is 21.0. The normalized spacial score (nSPS) is 12.7. The Labute approximate surface area is 195 Å². The smallest absolute Gasteiger partial charge is 0.328 e. The fourth-order valence-electron chi connectivity index (χ4n) is 2.08. The summed E-state index contributed by atoms with van der Waals surface area (Å²) in [7, 11) is 1.43. The first kappa shape index (κ1) is 24.3. The minimum Gasteiger partial charge on any atom is -0.480 e. The third kappa shape index (κ3) is 5.63. The molecular weight excluding hydrogens is 699 g/mol. The van der Waals surface area contributed by atoms with Crippen molar-refractivity contribution in [3.63, 3.8) is 0 Å². The third-order valence-electron chi connectivity index (χ3n) is 3.33. The van der Waals surface area contributed by atoms with Crippen molar-refractivity contribution < 1.29 is 29.4 Å². The van der Waals surface area contributed by atoms with E-state index in [0.717, 1.165) is 0 Å². The summed E-state index contributed by atoms with van der Waals surface area (Å²) >= 11 is 5.57. The van der Waals surface area contributed by atoms with Crippen LogP contribution in [0.4, 0.5) is 5.69 Å². The van der Waals surface area contributed by atoms with Gasteiger partial charge in [-0.2, -0.15) is 0 Å². The summed E-state index contributed by atoms with van der Waals surface area (Å²) < 4.78 is 1.08. The van der Waals surface area contributed by atoms with Gasteiger partial charge in [-0.1, -0.05) is 0 Å². The van der Waals surface area contributed by atoms with E-state index in [9.17, 15) is 29.4 Å². The minimum absolute atomic E-state index is 0.0332. The molecule has 0 aliphatic heterocycles. The van der Waals surface area contributed by atoms with E-state index in [1.807, 2.05) is 67.8 Å². The molecule has 0 spiro atoms. The molecule has 2 atom stereocenters. The van der Waals surface area contributed by atoms with E-state index >= 15 is 0 Å². The van der Waals surface area contributed by atoms with E-state index < -0.39 is 35.8 Å². The summed E-state index contributed by atoms with van der Waals surface area (Å²) in [6, 6.07) is -1.53. The molecule has 0 bridgehead atoms. The number of aliphatic hydroxyl groups excluding tert-OH is 1. The monoisotopic (exact) mass is 715 g/mol. The molecule has 0 fully saturated rings. The molecule has 0 radical (unpaired) electrons. The van der Waals surface area contributed by atoms with Gasteiger partial charge in [-0.3, -0.25) is 14.4 Å². The largest absolute Gasteiger partial charge is 0.480 e. The summed E-state index contributed by atoms with van der Waals surface area (Å²) in [5.74, 6) is -3.05. The molecule has 0 aliphatic carbocycles. The number of carbonyl (C=O) groups excluding carboxylic acids is 3. The van der Waals surface area contributed by atoms with Gasteiger partial charge in [0.25, 0.3) is 11.8 Å². The Hall–Kier alpha value is -0.750. The Bertz CT molecular complexity index is 813. The number of anilines is 1. The van der Waals surface area contributed by atoms with Crippen LogP contribution in [-0.4, -0.2) is 53.1 Å². The van der Waals surface area contributed by atoms with Crippen LogP contribution in [-0.2, 0) is 9.59 Å². The Kier molecular flexibility index (Phi) is 9.13. The van der Waals surface area contributed by atoms with Crippen LogP contribution in [0.3, 0.4) is 0 Å². The summed E-state index contributed by atoms with van der Waals surface area (Å²) in [6.07, 6.45) is -1.33. The lowest BCUT2D eigenvalue weighted by Gasteiger charge is -2.21. The van der Waals surface area contributed by atoms with Crippen LogP contribution in [0, 0.1) is 10.7 Å². The first-order valence-electron chi connectivity index (χ1n) is 7.35. The molecule has 0 aliphatic rings. The molecule has 1 aromatic carbocycles. The highest BCUT2D eigenvalue weighted by Crippen LogP contribution is 2.35. The molecular formula is C15H16I3N3O6. The molecule has 0 saturated carbocycles. The number of aliphatic hydroxyl groups is 1. The van der Waals surface area contributed by atoms with Crippen molar-refractivity contribution in [2.24, 2.45) is 0 Å². The van der Waals surface area contributed by atoms with Gasteiger partial charge in [0, 0.05) is 17.5 Å². The number of hydrogen-bond acceptors (Lipinski definition) is 5. The number of halogens is 3. The van der Waals surface area contributed by atoms with Crippen LogP contribution in [0.15, 0.2) is 0 Å². The Morgan fingerprint density at radius 1 is 0.963 bits per heavy atom. The lowest BCUT2D eigenvalue weighted by atomic mass is 10.1. The van der Waals surface area contributed by atoms with Crippen LogP contribution in [0.2, 0.25) is 0 Å². The average Bonchev–Trinajstić information content (AvgIpc) is 2.55. The zero-order valence-electron chi connectivity index (χ0n) is 14.3. The lowest BCUT2D eigenvalue weighted by molar-refractivity contribution is -0.141. The maximum Gasteiger partial charge on any atom is 0.328 e. The van der Waals surface area contributed by atoms with E-state index in [1.165, 1.54) is 20.9 Å². The number of hydrogen-bond donors (Lipinski definition) is 5. The van der Waals surface area contributed by atoms with E-state index in [1.54, 1.807) is 0 Å². The SMILES string of the molecule is CNC(=O)c1c(I)c(NC(C)=O)c(I)c(C(=O)N[C@H](C(=O)O)C(C)O)c1I. The molecule has 0 aromatic heterocycles. The number of carbonyl (C=O) groups is 4. The fourth-order valence-corrected chi connectivity index (χ4v) is 6.49. The zero-order valence-corrected chi connectivity index (χ0v) is 20.8. The third-order valence-corrected chi connectivity index (χ3v) is 6.57. The predicted octanol–water partition coefficient (Wildman–Crippen LogP) is 1.38. The topological polar surface area (TPSA) is 145 Å². The molecule has 12 heteroatoms. The van der Waals surface area contributed by atoms with Crippen LogP contribution >= 0.6 is 67.8 Å². The van der Waals surface area contributed by atoms with Gasteiger partial charge in [-0.25, -0.2) is 4.79 Å². The summed E-state index contributed by atoms with van der Waals surface area (Å²) in [5, 5.41) is 26.1. The van der Waals surface area contributed by atoms with Crippen LogP contribution in [0.5, 0.6) is 0 Å². The first-order valence-corrected chi connectivity index (χ1v) is 10.6. The summed E-state index contributed by atoms with van der Waals surface area (Å²) in [5.41, 5.74) is 0.486. The second-order valence-corrected chi connectivity index (χ2v) is 8.59. The van der Waals surface area contributed by atoms with Gasteiger partial charge in [0.2, 0.25) is 5.91 Å². The molecule has 0 saturated heterocycles. The number of aliphatic carboxylic acids is 1. The second kappa shape index (κ2) is 10.1. The molecule has 1 aromatic rings. The van der Waals surface area contributed by atoms with Gasteiger partial charge >= 0.3 is 5.97 Å². The average molecular weight is 715 g/mol. The number of benzene rings is 1. The van der Waals surface area contributed by atoms with Gasteiger partial charge in [-0.05, 0) is 74.7 Å². The van der Waals surface area contributed by atoms with E-state index in [4.69, 9.17) is 0 Å². The van der Waals surface area contributed by atoms with Crippen LogP contribution in [0.1, 0.15) is 34.6 Å². The Balaban J connectivity index is 3.66. The van der Waals surface area contributed by atoms with Gasteiger partial charge in [0.15, 0.2) is 6.04 Å². The first-order chi connectivity index (χ1) is 12.4. The maximum atomic E-state index is 12.8. The molecule has 1 unspecified atom stereocenters. The van der Waals surface area contributed by atoms with Crippen molar-refractivity contribution in [3.8, 4) is 0 Å². The van der Waals surface area contributed by atoms with E-state index in [0.29, 0.717) is 10.7 Å². The predicted molar refractivity (Wildman–Crippen MR) is 123 cm³/mol. The van der Waals surface area contributed by atoms with Crippen LogP contribution < -0.4 is 16.0 Å². The standard InChI is InChI=1S/C15H16I3N3O6/c1-4(22)11(15(26)27)21-14(25)7-8(16)6(13(24)19-3)9(17)12(10(7)18)20-5(2)23/h4,11,22H,1-3H3,(H,19,24)(H,20,23)(H,21,25)(H,26,27)/t4?,11-/m0/s1. The number of amides is 3. The van der Waals surface area contributed by atoms with E-state index in [-0.39, 0.29) is 16.8 Å². The number of nitrogens with one attached hydrogen (secondary N) is 3. The Morgan fingerprint density at radius 2 is 1.44 bits per heavy atom. The van der Waals surface area contributed by atoms with Crippen molar-refractivity contribution in [1.82, 2.24) is 10.6 Å². The molecule has 5 N–H and O–H groups in total. The van der Waals surface area contributed by atoms with Gasteiger partial charge in [0.05, 0.1) is 30.1 Å². The Morgan fingerprint density at radius 3 is 1.81 bits per heavy atom. The van der Waals surface area contributed by atoms with Crippen molar-refractivity contribution in [1.29, 1.82) is 0 Å². The molecule has 0 heterocycles. The maximum absolute atomic E-state index is 12.8. The fraction of sp³-hybridized carbons (Fsp3) is 0.333. The minimum atomic E-state index is -1.53. The van der Waals surface area contributed by atoms with Gasteiger partial charge in [0.1, 0.15) is 0 Å². The molecule has 1 rings (SSSR count). The number of rotatable bonds is 6. The number of carboxylic acids is 1. The van der Waals surface area contributed by atoms with Crippen molar-refractivity contribution in [2.75, 3.05) is 12.4 Å². The highest BCUT2D eigenvalue weighted by atomic mass is 127. The number of carboxylic acid groups (broad SMARTS) is 1. The lowest BCUT2D eigenvalue weighted by Crippen LogP contribution is -2.48. The highest BCUT2D eigenvalue weighted by molar-refractivity contribution is 14.1. The highest BCUT2D eigenvalue weighted by Gasteiger charge is 2.31. The summed E-state index contributed by atoms with van der Waals surface area (Å²) in [6.45, 7) is 2.53. The van der Waals surface area contributed by atoms with Gasteiger partial charge < -0.3 is 26.2 Å². The van der Waals surface area contributed by atoms with Crippen LogP contribution in [0.25, 0.3) is 0 Å². The van der Waals surface area contributed by atoms with Gasteiger partial charge in [-0.15, -0.1) is 0 Å². The molecule has 27 heavy (non-hydrogen) atoms. The second-order valence-electron chi connectivity index (χ2n) is 5.36. The van der Waals surface area contributed by atoms with Crippen molar-refractivity contribution >= 4 is 97.2 Å². The van der Waals surface area contributed by atoms with Crippen molar-refractivity contribution in [2.45, 2.75) is 26.0 Å². The summed E-state index contributed by atoms with van der Waals surface area (Å²) in [4.78, 5) is 47.9. The molecule has 148 valence electrons.